The molecule has 0 spiro atoms. The average molecular weight is 313 g/mol. The number of aliphatic imine (C=N–C) groups is 1. The lowest BCUT2D eigenvalue weighted by atomic mass is 10.1. The van der Waals surface area contributed by atoms with Gasteiger partial charge < -0.3 is 15.9 Å². The van der Waals surface area contributed by atoms with Gasteiger partial charge in [0.1, 0.15) is 17.3 Å². The van der Waals surface area contributed by atoms with Crippen LogP contribution in [-0.2, 0) is 0 Å². The van der Waals surface area contributed by atoms with Gasteiger partial charge >= 0.3 is 6.18 Å². The quantitative estimate of drug-likeness (QED) is 0.672. The van der Waals surface area contributed by atoms with Crippen LogP contribution in [0.2, 0.25) is 0 Å². The standard InChI is InChI=1S/C14H11F4N3O/c15-9-4-3-8(12-2-1-5-22-12)6-11(9)21-13(10(20)7-19)14(16,17)18/h1-7H,19-20H2. The number of alkyl halides is 3. The van der Waals surface area contributed by atoms with Gasteiger partial charge in [-0.1, -0.05) is 0 Å². The molecule has 116 valence electrons. The first-order valence-electron chi connectivity index (χ1n) is 6.00. The summed E-state index contributed by atoms with van der Waals surface area (Å²) >= 11 is 0. The first-order chi connectivity index (χ1) is 10.3. The Kier molecular flexibility index (Phi) is 4.20. The summed E-state index contributed by atoms with van der Waals surface area (Å²) in [6, 6.07) is 6.66. The van der Waals surface area contributed by atoms with Crippen molar-refractivity contribution >= 4 is 11.4 Å². The molecule has 0 saturated carbocycles. The predicted octanol–water partition coefficient (Wildman–Crippen LogP) is 3.48. The summed E-state index contributed by atoms with van der Waals surface area (Å²) < 4.78 is 57.5. The Bertz CT molecular complexity index is 718. The average Bonchev–Trinajstić information content (AvgIpc) is 2.98. The van der Waals surface area contributed by atoms with E-state index in [1.54, 1.807) is 12.1 Å². The molecule has 4 nitrogen and oxygen atoms in total. The molecular weight excluding hydrogens is 302 g/mol. The van der Waals surface area contributed by atoms with Crippen LogP contribution in [0.15, 0.2) is 57.9 Å². The van der Waals surface area contributed by atoms with Gasteiger partial charge in [-0.2, -0.15) is 13.2 Å². The normalized spacial score (nSPS) is 13.5. The molecule has 22 heavy (non-hydrogen) atoms. The zero-order chi connectivity index (χ0) is 16.3. The summed E-state index contributed by atoms with van der Waals surface area (Å²) in [6.07, 6.45) is -2.92. The lowest BCUT2D eigenvalue weighted by Crippen LogP contribution is -2.29. The van der Waals surface area contributed by atoms with Crippen molar-refractivity contribution in [3.8, 4) is 11.3 Å². The van der Waals surface area contributed by atoms with E-state index in [0.717, 1.165) is 12.1 Å². The summed E-state index contributed by atoms with van der Waals surface area (Å²) in [5.74, 6) is -0.561. The van der Waals surface area contributed by atoms with Crippen LogP contribution in [0, 0.1) is 5.82 Å². The van der Waals surface area contributed by atoms with Gasteiger partial charge in [-0.3, -0.25) is 0 Å². The van der Waals surface area contributed by atoms with E-state index in [2.05, 4.69) is 4.99 Å². The Morgan fingerprint density at radius 1 is 1.23 bits per heavy atom. The Morgan fingerprint density at radius 2 is 1.95 bits per heavy atom. The highest BCUT2D eigenvalue weighted by atomic mass is 19.4. The molecule has 0 amide bonds. The number of rotatable bonds is 3. The van der Waals surface area contributed by atoms with Crippen LogP contribution >= 0.6 is 0 Å². The zero-order valence-electron chi connectivity index (χ0n) is 11.1. The van der Waals surface area contributed by atoms with E-state index < -0.39 is 29.1 Å². The number of nitrogens with zero attached hydrogens (tertiary/aromatic N) is 1. The SMILES string of the molecule is NC=C(N)C(=Nc1cc(-c2ccco2)ccc1F)C(F)(F)F. The third kappa shape index (κ3) is 3.27. The Labute approximate surface area is 122 Å². The summed E-state index contributed by atoms with van der Waals surface area (Å²) in [5.41, 5.74) is 7.76. The number of hydrogen-bond donors (Lipinski definition) is 2. The molecular formula is C14H11F4N3O. The number of halogens is 4. The molecule has 0 atom stereocenters. The van der Waals surface area contributed by atoms with Crippen LogP contribution in [0.1, 0.15) is 0 Å². The lowest BCUT2D eigenvalue weighted by Gasteiger charge is -2.11. The topological polar surface area (TPSA) is 77.5 Å². The third-order valence-electron chi connectivity index (χ3n) is 2.71. The Hall–Kier alpha value is -2.77. The molecule has 0 aliphatic heterocycles. The first kappa shape index (κ1) is 15.6. The van der Waals surface area contributed by atoms with Crippen LogP contribution in [-0.4, -0.2) is 11.9 Å². The van der Waals surface area contributed by atoms with Crippen molar-refractivity contribution in [2.45, 2.75) is 6.18 Å². The number of furan rings is 1. The summed E-state index contributed by atoms with van der Waals surface area (Å²) in [5, 5.41) is 0. The molecule has 4 N–H and O–H groups in total. The Balaban J connectivity index is 2.55. The largest absolute Gasteiger partial charge is 0.464 e. The van der Waals surface area contributed by atoms with Crippen molar-refractivity contribution in [3.63, 3.8) is 0 Å². The molecule has 0 fully saturated rings. The minimum Gasteiger partial charge on any atom is -0.464 e. The Morgan fingerprint density at radius 3 is 2.50 bits per heavy atom. The van der Waals surface area contributed by atoms with Crippen molar-refractivity contribution < 1.29 is 22.0 Å². The highest BCUT2D eigenvalue weighted by molar-refractivity contribution is 6.04. The molecule has 0 aliphatic rings. The fraction of sp³-hybridized carbons (Fsp3) is 0.0714. The van der Waals surface area contributed by atoms with Crippen LogP contribution in [0.5, 0.6) is 0 Å². The number of allylic oxidation sites excluding steroid dienone is 1. The maximum Gasteiger partial charge on any atom is 0.435 e. The minimum atomic E-state index is -4.87. The number of hydrogen-bond acceptors (Lipinski definition) is 4. The monoisotopic (exact) mass is 313 g/mol. The fourth-order valence-corrected chi connectivity index (χ4v) is 1.69. The number of nitrogens with two attached hydrogens (primary N) is 2. The molecule has 0 radical (unpaired) electrons. The molecule has 8 heteroatoms. The predicted molar refractivity (Wildman–Crippen MR) is 73.7 cm³/mol. The molecule has 0 unspecified atom stereocenters. The van der Waals surface area contributed by atoms with Gasteiger partial charge in [-0.25, -0.2) is 9.38 Å². The van der Waals surface area contributed by atoms with Crippen molar-refractivity contribution in [2.75, 3.05) is 0 Å². The molecule has 1 aromatic heterocycles. The lowest BCUT2D eigenvalue weighted by molar-refractivity contribution is -0.0582. The van der Waals surface area contributed by atoms with Crippen molar-refractivity contribution in [1.82, 2.24) is 0 Å². The van der Waals surface area contributed by atoms with Crippen LogP contribution in [0.25, 0.3) is 11.3 Å². The molecule has 0 saturated heterocycles. The molecule has 0 bridgehead atoms. The molecule has 1 aromatic carbocycles. The fourth-order valence-electron chi connectivity index (χ4n) is 1.69. The zero-order valence-corrected chi connectivity index (χ0v) is 11.1. The van der Waals surface area contributed by atoms with Gasteiger partial charge in [0.05, 0.1) is 12.0 Å². The van der Waals surface area contributed by atoms with Crippen molar-refractivity contribution in [3.05, 3.63) is 54.3 Å². The van der Waals surface area contributed by atoms with Crippen molar-refractivity contribution in [1.29, 1.82) is 0 Å². The smallest absolute Gasteiger partial charge is 0.435 e. The van der Waals surface area contributed by atoms with Crippen LogP contribution in [0.4, 0.5) is 23.2 Å². The van der Waals surface area contributed by atoms with Crippen molar-refractivity contribution in [2.24, 2.45) is 16.5 Å². The van der Waals surface area contributed by atoms with Gasteiger partial charge in [0.25, 0.3) is 0 Å². The molecule has 2 aromatic rings. The molecule has 0 aliphatic carbocycles. The van der Waals surface area contributed by atoms with E-state index in [0.29, 0.717) is 17.5 Å². The van der Waals surface area contributed by atoms with Gasteiger partial charge in [-0.15, -0.1) is 0 Å². The van der Waals surface area contributed by atoms with Gasteiger partial charge in [-0.05, 0) is 30.3 Å². The molecule has 1 heterocycles. The van der Waals surface area contributed by atoms with E-state index in [-0.39, 0.29) is 0 Å². The second-order valence-electron chi connectivity index (χ2n) is 4.22. The molecule has 2 rings (SSSR count). The highest BCUT2D eigenvalue weighted by Crippen LogP contribution is 2.30. The van der Waals surface area contributed by atoms with E-state index in [9.17, 15) is 17.6 Å². The van der Waals surface area contributed by atoms with Crippen LogP contribution < -0.4 is 11.5 Å². The maximum absolute atomic E-state index is 13.7. The van der Waals surface area contributed by atoms with Gasteiger partial charge in [0.15, 0.2) is 5.71 Å². The highest BCUT2D eigenvalue weighted by Gasteiger charge is 2.37. The number of benzene rings is 1. The van der Waals surface area contributed by atoms with E-state index in [1.807, 2.05) is 0 Å². The van der Waals surface area contributed by atoms with Crippen LogP contribution in [0.3, 0.4) is 0 Å². The van der Waals surface area contributed by atoms with E-state index >= 15 is 0 Å². The van der Waals surface area contributed by atoms with E-state index in [4.69, 9.17) is 15.9 Å². The second-order valence-corrected chi connectivity index (χ2v) is 4.22. The van der Waals surface area contributed by atoms with Gasteiger partial charge in [0.2, 0.25) is 0 Å². The second kappa shape index (κ2) is 5.92. The summed E-state index contributed by atoms with van der Waals surface area (Å²) in [7, 11) is 0. The van der Waals surface area contributed by atoms with Gasteiger partial charge in [0, 0.05) is 11.8 Å². The third-order valence-corrected chi connectivity index (χ3v) is 2.71. The first-order valence-corrected chi connectivity index (χ1v) is 6.00. The summed E-state index contributed by atoms with van der Waals surface area (Å²) in [6.45, 7) is 0. The summed E-state index contributed by atoms with van der Waals surface area (Å²) in [4.78, 5) is 3.27. The minimum absolute atomic E-state index is 0.368. The maximum atomic E-state index is 13.7. The van der Waals surface area contributed by atoms with E-state index in [1.165, 1.54) is 12.3 Å².